The first-order valence-corrected chi connectivity index (χ1v) is 9.05. The number of allylic oxidation sites excluding steroid dienone is 2. The largest absolute Gasteiger partial charge is 0.0847 e. The molecule has 114 valence electrons. The Balaban J connectivity index is 1.59. The molecule has 4 aliphatic rings. The van der Waals surface area contributed by atoms with Crippen LogP contribution in [0.4, 0.5) is 0 Å². The maximum atomic E-state index is 2.62. The third-order valence-electron chi connectivity index (χ3n) is 7.10. The minimum atomic E-state index is 0.544. The van der Waals surface area contributed by atoms with Gasteiger partial charge in [-0.15, -0.1) is 0 Å². The van der Waals surface area contributed by atoms with E-state index in [1.165, 1.54) is 44.9 Å². The van der Waals surface area contributed by atoms with Crippen LogP contribution in [0.5, 0.6) is 0 Å². The van der Waals surface area contributed by atoms with Crippen LogP contribution in [0.2, 0.25) is 0 Å². The van der Waals surface area contributed by atoms with Gasteiger partial charge in [-0.25, -0.2) is 0 Å². The van der Waals surface area contributed by atoms with Crippen LogP contribution in [0.25, 0.3) is 0 Å². The van der Waals surface area contributed by atoms with Crippen LogP contribution in [-0.4, -0.2) is 0 Å². The molecule has 0 spiro atoms. The van der Waals surface area contributed by atoms with Crippen molar-refractivity contribution in [1.82, 2.24) is 0 Å². The van der Waals surface area contributed by atoms with E-state index in [2.05, 4.69) is 40.7 Å². The summed E-state index contributed by atoms with van der Waals surface area (Å²) in [7, 11) is 0. The predicted molar refractivity (Wildman–Crippen MR) is 87.6 cm³/mol. The topological polar surface area (TPSA) is 0 Å². The van der Waals surface area contributed by atoms with Crippen molar-refractivity contribution in [2.75, 3.05) is 0 Å². The van der Waals surface area contributed by atoms with E-state index >= 15 is 0 Å². The summed E-state index contributed by atoms with van der Waals surface area (Å²) in [5, 5.41) is 0. The fraction of sp³-hybridized carbons (Fsp3) is 0.900. The van der Waals surface area contributed by atoms with E-state index in [4.69, 9.17) is 0 Å². The monoisotopic (exact) mass is 274 g/mol. The van der Waals surface area contributed by atoms with Gasteiger partial charge in [0.15, 0.2) is 0 Å². The second-order valence-corrected chi connectivity index (χ2v) is 9.23. The van der Waals surface area contributed by atoms with E-state index in [0.29, 0.717) is 10.8 Å². The molecular weight excluding hydrogens is 240 g/mol. The average molecular weight is 274 g/mol. The van der Waals surface area contributed by atoms with Gasteiger partial charge in [0.25, 0.3) is 0 Å². The van der Waals surface area contributed by atoms with Gasteiger partial charge < -0.3 is 0 Å². The van der Waals surface area contributed by atoms with Crippen molar-refractivity contribution in [2.24, 2.45) is 34.5 Å². The Morgan fingerprint density at radius 1 is 1.25 bits per heavy atom. The maximum Gasteiger partial charge on any atom is -0.0146 e. The highest BCUT2D eigenvalue weighted by molar-refractivity contribution is 5.24. The summed E-state index contributed by atoms with van der Waals surface area (Å²) in [5.74, 6) is 3.96. The van der Waals surface area contributed by atoms with Crippen molar-refractivity contribution in [1.29, 1.82) is 0 Å². The molecule has 0 saturated heterocycles. The Labute approximate surface area is 126 Å². The zero-order valence-electron chi connectivity index (χ0n) is 14.3. The second-order valence-electron chi connectivity index (χ2n) is 9.23. The molecule has 0 aromatic heterocycles. The molecule has 2 unspecified atom stereocenters. The summed E-state index contributed by atoms with van der Waals surface area (Å²) in [6.45, 7) is 12.4. The summed E-state index contributed by atoms with van der Waals surface area (Å²) < 4.78 is 0. The van der Waals surface area contributed by atoms with Crippen molar-refractivity contribution in [3.05, 3.63) is 11.6 Å². The Kier molecular flexibility index (Phi) is 3.58. The molecule has 0 aromatic rings. The Morgan fingerprint density at radius 3 is 2.60 bits per heavy atom. The lowest BCUT2D eigenvalue weighted by molar-refractivity contribution is -0.0120. The second kappa shape index (κ2) is 4.89. The molecule has 0 radical (unpaired) electrons. The number of rotatable bonds is 6. The van der Waals surface area contributed by atoms with Crippen molar-refractivity contribution in [3.63, 3.8) is 0 Å². The van der Waals surface area contributed by atoms with Crippen LogP contribution < -0.4 is 0 Å². The van der Waals surface area contributed by atoms with Gasteiger partial charge in [0.1, 0.15) is 0 Å². The summed E-state index contributed by atoms with van der Waals surface area (Å²) in [4.78, 5) is 0. The van der Waals surface area contributed by atoms with E-state index in [9.17, 15) is 0 Å². The van der Waals surface area contributed by atoms with E-state index in [-0.39, 0.29) is 0 Å². The van der Waals surface area contributed by atoms with Crippen molar-refractivity contribution >= 4 is 0 Å². The molecule has 4 atom stereocenters. The normalized spacial score (nSPS) is 38.1. The first kappa shape index (κ1) is 14.7. The van der Waals surface area contributed by atoms with Gasteiger partial charge in [-0.2, -0.15) is 0 Å². The minimum Gasteiger partial charge on any atom is -0.0847 e. The molecule has 0 amide bonds. The number of unbranched alkanes of at least 4 members (excludes halogenated alkanes) is 1. The van der Waals surface area contributed by atoms with E-state index < -0.39 is 0 Å². The zero-order valence-corrected chi connectivity index (χ0v) is 14.3. The van der Waals surface area contributed by atoms with Crippen LogP contribution in [0.3, 0.4) is 0 Å². The summed E-state index contributed by atoms with van der Waals surface area (Å²) in [5.41, 5.74) is 2.97. The molecule has 4 rings (SSSR count). The number of hydrogen-bond donors (Lipinski definition) is 0. The molecule has 2 saturated carbocycles. The third kappa shape index (κ3) is 2.38. The molecular formula is C20H34. The molecule has 0 N–H and O–H groups in total. The average Bonchev–Trinajstić information content (AvgIpc) is 3.16. The highest BCUT2D eigenvalue weighted by atomic mass is 14.6. The predicted octanol–water partition coefficient (Wildman–Crippen LogP) is 6.22. The van der Waals surface area contributed by atoms with Crippen molar-refractivity contribution in [2.45, 2.75) is 79.6 Å². The fourth-order valence-corrected chi connectivity index (χ4v) is 5.32. The lowest BCUT2D eigenvalue weighted by Crippen LogP contribution is -2.48. The smallest absolute Gasteiger partial charge is 0.0146 e. The fourth-order valence-electron chi connectivity index (χ4n) is 5.32. The van der Waals surface area contributed by atoms with Crippen LogP contribution >= 0.6 is 0 Å². The highest BCUT2D eigenvalue weighted by Gasteiger charge is 2.53. The molecule has 0 nitrogen and oxygen atoms in total. The van der Waals surface area contributed by atoms with Gasteiger partial charge in [0.2, 0.25) is 0 Å². The van der Waals surface area contributed by atoms with Gasteiger partial charge >= 0.3 is 0 Å². The van der Waals surface area contributed by atoms with E-state index in [1.807, 2.05) is 5.57 Å². The SMILES string of the molecule is CCCCC1CC1C(C)(C)CC1=CC[C@H]2C[C@@H]1C2(C)C. The van der Waals surface area contributed by atoms with Crippen molar-refractivity contribution in [3.8, 4) is 0 Å². The Hall–Kier alpha value is -0.260. The molecule has 0 aliphatic heterocycles. The van der Waals surface area contributed by atoms with Gasteiger partial charge in [-0.1, -0.05) is 65.5 Å². The summed E-state index contributed by atoms with van der Waals surface area (Å²) >= 11 is 0. The van der Waals surface area contributed by atoms with Crippen LogP contribution in [-0.2, 0) is 0 Å². The zero-order chi connectivity index (χ0) is 14.5. The molecule has 20 heavy (non-hydrogen) atoms. The van der Waals surface area contributed by atoms with Gasteiger partial charge in [-0.05, 0) is 60.2 Å². The van der Waals surface area contributed by atoms with Gasteiger partial charge in [0, 0.05) is 0 Å². The minimum absolute atomic E-state index is 0.544. The Bertz CT molecular complexity index is 398. The highest BCUT2D eigenvalue weighted by Crippen LogP contribution is 2.63. The molecule has 2 bridgehead atoms. The lowest BCUT2D eigenvalue weighted by Gasteiger charge is -2.57. The first-order valence-electron chi connectivity index (χ1n) is 9.05. The molecule has 0 heteroatoms. The standard InChI is InChI=1S/C20H34/c1-6-7-8-14-11-17(14)19(2,3)13-15-9-10-16-12-18(15)20(16,4)5/h9,14,16-18H,6-8,10-13H2,1-5H3/t14?,16-,17?,18-/m0/s1. The maximum absolute atomic E-state index is 2.62. The van der Waals surface area contributed by atoms with Gasteiger partial charge in [-0.3, -0.25) is 0 Å². The molecule has 0 heterocycles. The van der Waals surface area contributed by atoms with Crippen LogP contribution in [0.1, 0.15) is 79.6 Å². The first-order chi connectivity index (χ1) is 9.36. The molecule has 2 fully saturated rings. The Morgan fingerprint density at radius 2 is 2.00 bits per heavy atom. The van der Waals surface area contributed by atoms with Crippen molar-refractivity contribution < 1.29 is 0 Å². The quantitative estimate of drug-likeness (QED) is 0.504. The van der Waals surface area contributed by atoms with E-state index in [1.54, 1.807) is 0 Å². The third-order valence-corrected chi connectivity index (χ3v) is 7.10. The van der Waals surface area contributed by atoms with E-state index in [0.717, 1.165) is 23.7 Å². The van der Waals surface area contributed by atoms with Gasteiger partial charge in [0.05, 0.1) is 0 Å². The summed E-state index contributed by atoms with van der Waals surface area (Å²) in [6, 6.07) is 0. The number of hydrogen-bond acceptors (Lipinski definition) is 0. The molecule has 0 aromatic carbocycles. The van der Waals surface area contributed by atoms with Crippen LogP contribution in [0.15, 0.2) is 11.6 Å². The number of fused-ring (bicyclic) bond motifs is 1. The summed E-state index contributed by atoms with van der Waals surface area (Å²) in [6.07, 6.45) is 12.6. The molecule has 4 aliphatic carbocycles. The lowest BCUT2D eigenvalue weighted by atomic mass is 9.48. The van der Waals surface area contributed by atoms with Crippen LogP contribution in [0, 0.1) is 34.5 Å².